The molecule has 1 aliphatic heterocycles. The van der Waals surface area contributed by atoms with Gasteiger partial charge in [0.05, 0.1) is 23.0 Å². The SMILES string of the molecule is [2H]C([2H])([2H])CC(=O)c1cnc(NC(=O)C2CC2)cc1Nc1nc(C)cc2c1N(C)[C@H](C)c1nn(C)nc1-2. The van der Waals surface area contributed by atoms with E-state index in [-0.39, 0.29) is 29.2 Å². The average Bonchev–Trinajstić information content (AvgIpc) is 3.57. The third-order valence-electron chi connectivity index (χ3n) is 6.26. The van der Waals surface area contributed by atoms with Crippen LogP contribution in [0, 0.1) is 12.8 Å². The summed E-state index contributed by atoms with van der Waals surface area (Å²) in [6.45, 7) is 1.43. The van der Waals surface area contributed by atoms with Crippen LogP contribution in [0.5, 0.6) is 0 Å². The number of rotatable bonds is 6. The molecule has 3 aromatic rings. The Balaban J connectivity index is 1.60. The molecule has 176 valence electrons. The van der Waals surface area contributed by atoms with Crippen LogP contribution >= 0.6 is 0 Å². The van der Waals surface area contributed by atoms with Gasteiger partial charge in [-0.3, -0.25) is 9.59 Å². The van der Waals surface area contributed by atoms with Gasteiger partial charge in [0.25, 0.3) is 0 Å². The second kappa shape index (κ2) is 8.19. The van der Waals surface area contributed by atoms with Gasteiger partial charge < -0.3 is 15.5 Å². The van der Waals surface area contributed by atoms with E-state index in [2.05, 4.69) is 25.8 Å². The molecule has 1 saturated carbocycles. The highest BCUT2D eigenvalue weighted by molar-refractivity contribution is 6.03. The topological polar surface area (TPSA) is 118 Å². The summed E-state index contributed by atoms with van der Waals surface area (Å²) in [6, 6.07) is 3.39. The fourth-order valence-corrected chi connectivity index (χ4v) is 4.21. The standard InChI is InChI=1S/C24H28N8O2/c1-6-18(33)16-11-25-19(28-24(34)14-7-8-14)10-17(16)27-23-22-15(9-12(2)26-23)21-20(13(3)31(22)4)29-32(5)30-21/h9-11,13-14H,6-8H2,1-5H3,(H2,25,26,27,28,34)/t13-/m1/s1/i1D3. The number of Topliss-reactive ketones (excluding diaryl/α,β-unsaturated/α-hetero) is 1. The van der Waals surface area contributed by atoms with Gasteiger partial charge in [0.15, 0.2) is 11.6 Å². The van der Waals surface area contributed by atoms with Crippen molar-refractivity contribution in [3.63, 3.8) is 0 Å². The van der Waals surface area contributed by atoms with E-state index in [1.54, 1.807) is 13.1 Å². The molecule has 0 spiro atoms. The average molecular weight is 464 g/mol. The molecule has 0 radical (unpaired) electrons. The number of pyridine rings is 2. The molecule has 3 aromatic heterocycles. The number of fused-ring (bicyclic) bond motifs is 3. The molecule has 10 heteroatoms. The van der Waals surface area contributed by atoms with Gasteiger partial charge >= 0.3 is 0 Å². The van der Waals surface area contributed by atoms with Crippen LogP contribution in [-0.4, -0.2) is 43.7 Å². The van der Waals surface area contributed by atoms with Crippen molar-refractivity contribution in [3.05, 3.63) is 35.3 Å². The van der Waals surface area contributed by atoms with Gasteiger partial charge in [-0.05, 0) is 32.8 Å². The van der Waals surface area contributed by atoms with E-state index >= 15 is 0 Å². The van der Waals surface area contributed by atoms with Crippen molar-refractivity contribution >= 4 is 34.7 Å². The summed E-state index contributed by atoms with van der Waals surface area (Å²) in [4.78, 5) is 37.8. The number of carbonyl (C=O) groups is 2. The lowest BCUT2D eigenvalue weighted by atomic mass is 9.97. The second-order valence-corrected chi connectivity index (χ2v) is 8.82. The number of anilines is 4. The third-order valence-corrected chi connectivity index (χ3v) is 6.26. The minimum Gasteiger partial charge on any atom is -0.363 e. The first-order chi connectivity index (χ1) is 17.4. The van der Waals surface area contributed by atoms with Crippen LogP contribution in [0.15, 0.2) is 18.3 Å². The number of hydrogen-bond acceptors (Lipinski definition) is 8. The normalized spacial score (nSPS) is 18.3. The summed E-state index contributed by atoms with van der Waals surface area (Å²) in [5.74, 6) is -0.0141. The molecule has 5 rings (SSSR count). The molecular weight excluding hydrogens is 432 g/mol. The molecule has 10 nitrogen and oxygen atoms in total. The van der Waals surface area contributed by atoms with Crippen molar-refractivity contribution in [3.8, 4) is 11.3 Å². The summed E-state index contributed by atoms with van der Waals surface area (Å²) in [6.07, 6.45) is 2.32. The number of nitrogens with one attached hydrogen (secondary N) is 2. The molecule has 1 aliphatic carbocycles. The number of ketones is 1. The molecule has 4 heterocycles. The first kappa shape index (κ1) is 18.6. The van der Waals surface area contributed by atoms with E-state index in [9.17, 15) is 9.59 Å². The molecule has 1 amide bonds. The molecule has 0 bridgehead atoms. The van der Waals surface area contributed by atoms with Crippen LogP contribution in [0.3, 0.4) is 0 Å². The predicted molar refractivity (Wildman–Crippen MR) is 129 cm³/mol. The van der Waals surface area contributed by atoms with Crippen LogP contribution in [0.25, 0.3) is 11.3 Å². The highest BCUT2D eigenvalue weighted by atomic mass is 16.2. The maximum Gasteiger partial charge on any atom is 0.228 e. The maximum absolute atomic E-state index is 13.0. The summed E-state index contributed by atoms with van der Waals surface area (Å²) in [7, 11) is 3.70. The molecule has 2 N–H and O–H groups in total. The highest BCUT2D eigenvalue weighted by Crippen LogP contribution is 2.46. The van der Waals surface area contributed by atoms with Crippen molar-refractivity contribution in [1.82, 2.24) is 25.0 Å². The van der Waals surface area contributed by atoms with E-state index in [0.717, 1.165) is 35.5 Å². The summed E-state index contributed by atoms with van der Waals surface area (Å²) in [5.41, 5.74) is 4.32. The van der Waals surface area contributed by atoms with Crippen LogP contribution in [0.1, 0.15) is 64.9 Å². The van der Waals surface area contributed by atoms with E-state index in [4.69, 9.17) is 9.10 Å². The Bertz CT molecular complexity index is 1410. The summed E-state index contributed by atoms with van der Waals surface area (Å²) < 4.78 is 22.6. The number of amides is 1. The first-order valence-corrected chi connectivity index (χ1v) is 11.2. The van der Waals surface area contributed by atoms with Gasteiger partial charge in [-0.1, -0.05) is 6.85 Å². The van der Waals surface area contributed by atoms with E-state index in [1.807, 2.05) is 31.9 Å². The fraction of sp³-hybridized carbons (Fsp3) is 0.417. The Hall–Kier alpha value is -3.82. The Morgan fingerprint density at radius 1 is 1.24 bits per heavy atom. The minimum atomic E-state index is -2.44. The second-order valence-electron chi connectivity index (χ2n) is 8.82. The zero-order valence-electron chi connectivity index (χ0n) is 22.5. The smallest absolute Gasteiger partial charge is 0.228 e. The fourth-order valence-electron chi connectivity index (χ4n) is 4.21. The number of hydrogen-bond donors (Lipinski definition) is 2. The molecular formula is C24H28N8O2. The van der Waals surface area contributed by atoms with Crippen LogP contribution in [0.4, 0.5) is 23.0 Å². The zero-order valence-corrected chi connectivity index (χ0v) is 19.5. The number of nitrogens with zero attached hydrogens (tertiary/aromatic N) is 6. The van der Waals surface area contributed by atoms with E-state index in [0.29, 0.717) is 17.2 Å². The zero-order chi connectivity index (χ0) is 26.6. The predicted octanol–water partition coefficient (Wildman–Crippen LogP) is 3.78. The lowest BCUT2D eigenvalue weighted by Gasteiger charge is -2.33. The minimum absolute atomic E-state index is 0.0307. The molecule has 34 heavy (non-hydrogen) atoms. The van der Waals surface area contributed by atoms with E-state index in [1.165, 1.54) is 11.0 Å². The molecule has 1 atom stereocenters. The molecule has 0 aromatic carbocycles. The Morgan fingerprint density at radius 3 is 2.76 bits per heavy atom. The molecule has 1 fully saturated rings. The first-order valence-electron chi connectivity index (χ1n) is 12.7. The number of aromatic nitrogens is 5. The van der Waals surface area contributed by atoms with Crippen LogP contribution < -0.4 is 15.5 Å². The van der Waals surface area contributed by atoms with Crippen molar-refractivity contribution < 1.29 is 13.7 Å². The van der Waals surface area contributed by atoms with Crippen LogP contribution in [-0.2, 0) is 11.8 Å². The quantitative estimate of drug-likeness (QED) is 0.530. The van der Waals surface area contributed by atoms with Gasteiger partial charge in [0.2, 0.25) is 5.91 Å². The molecule has 2 aliphatic rings. The largest absolute Gasteiger partial charge is 0.363 e. The Labute approximate surface area is 202 Å². The van der Waals surface area contributed by atoms with Gasteiger partial charge in [-0.25, -0.2) is 9.97 Å². The van der Waals surface area contributed by atoms with Crippen molar-refractivity contribution in [2.24, 2.45) is 13.0 Å². The summed E-state index contributed by atoms with van der Waals surface area (Å²) >= 11 is 0. The van der Waals surface area contributed by atoms with Gasteiger partial charge in [0, 0.05) is 54.1 Å². The third kappa shape index (κ3) is 3.78. The number of aryl methyl sites for hydroxylation is 2. The lowest BCUT2D eigenvalue weighted by molar-refractivity contribution is -0.117. The van der Waals surface area contributed by atoms with Crippen molar-refractivity contribution in [2.75, 3.05) is 22.6 Å². The van der Waals surface area contributed by atoms with Crippen molar-refractivity contribution in [1.29, 1.82) is 0 Å². The van der Waals surface area contributed by atoms with E-state index < -0.39 is 19.1 Å². The number of carbonyl (C=O) groups excluding carboxylic acids is 2. The monoisotopic (exact) mass is 463 g/mol. The van der Waals surface area contributed by atoms with Gasteiger partial charge in [0.1, 0.15) is 17.2 Å². The highest BCUT2D eigenvalue weighted by Gasteiger charge is 2.33. The molecule has 0 saturated heterocycles. The molecule has 0 unspecified atom stereocenters. The van der Waals surface area contributed by atoms with Gasteiger partial charge in [-0.2, -0.15) is 15.0 Å². The lowest BCUT2D eigenvalue weighted by Crippen LogP contribution is -2.28. The maximum atomic E-state index is 13.0. The Kier molecular flexibility index (Phi) is 4.48. The van der Waals surface area contributed by atoms with Crippen molar-refractivity contribution in [2.45, 2.75) is 46.0 Å². The summed E-state index contributed by atoms with van der Waals surface area (Å²) in [5, 5.41) is 15.1. The Morgan fingerprint density at radius 2 is 2.03 bits per heavy atom. The van der Waals surface area contributed by atoms with Crippen LogP contribution in [0.2, 0.25) is 0 Å². The van der Waals surface area contributed by atoms with Gasteiger partial charge in [-0.15, -0.1) is 0 Å².